The van der Waals surface area contributed by atoms with Crippen LogP contribution in [0.25, 0.3) is 0 Å². The first-order valence-electron chi connectivity index (χ1n) is 8.75. The van der Waals surface area contributed by atoms with E-state index in [1.165, 1.54) is 0 Å². The Balaban J connectivity index is 2.11. The zero-order valence-electron chi connectivity index (χ0n) is 15.7. The van der Waals surface area contributed by atoms with Crippen LogP contribution in [0.1, 0.15) is 77.0 Å². The number of aromatic nitrogens is 2. The van der Waals surface area contributed by atoms with Crippen molar-refractivity contribution in [3.8, 4) is 0 Å². The molecule has 0 saturated carbocycles. The largest absolute Gasteiger partial charge is 0.347 e. The van der Waals surface area contributed by atoms with Gasteiger partial charge >= 0.3 is 0 Å². The third-order valence-electron chi connectivity index (χ3n) is 4.48. The molecular formula is C18H32N4O. The van der Waals surface area contributed by atoms with E-state index in [9.17, 15) is 4.79 Å². The fraction of sp³-hybridized carbons (Fsp3) is 0.778. The minimum absolute atomic E-state index is 0.0505. The van der Waals surface area contributed by atoms with Gasteiger partial charge in [0.05, 0.1) is 5.54 Å². The summed E-state index contributed by atoms with van der Waals surface area (Å²) in [4.78, 5) is 15.0. The first-order chi connectivity index (χ1) is 10.6. The summed E-state index contributed by atoms with van der Waals surface area (Å²) in [5, 5.41) is 7.74. The molecule has 0 radical (unpaired) electrons. The molecule has 1 atom stereocenters. The molecule has 1 saturated heterocycles. The zero-order chi connectivity index (χ0) is 17.4. The molecule has 0 aliphatic carbocycles. The van der Waals surface area contributed by atoms with Gasteiger partial charge in [-0.15, -0.1) is 0 Å². The summed E-state index contributed by atoms with van der Waals surface area (Å²) in [7, 11) is 0. The Morgan fingerprint density at radius 2 is 1.96 bits per heavy atom. The molecule has 1 aliphatic rings. The van der Waals surface area contributed by atoms with Gasteiger partial charge in [-0.25, -0.2) is 0 Å². The number of amides is 1. The SMILES string of the molecule is CC(C)c1cc(C(=O)N[C@@H]2CCN(C(C)C)C2)nn1C(C)(C)C. The van der Waals surface area contributed by atoms with Crippen LogP contribution in [0, 0.1) is 0 Å². The van der Waals surface area contributed by atoms with Crippen LogP contribution >= 0.6 is 0 Å². The molecule has 0 unspecified atom stereocenters. The van der Waals surface area contributed by atoms with Crippen LogP contribution < -0.4 is 5.32 Å². The van der Waals surface area contributed by atoms with Crippen molar-refractivity contribution in [2.75, 3.05) is 13.1 Å². The Labute approximate surface area is 140 Å². The van der Waals surface area contributed by atoms with E-state index in [-0.39, 0.29) is 17.5 Å². The predicted molar refractivity (Wildman–Crippen MR) is 93.9 cm³/mol. The maximum Gasteiger partial charge on any atom is 0.272 e. The molecule has 1 aliphatic heterocycles. The van der Waals surface area contributed by atoms with Gasteiger partial charge < -0.3 is 5.32 Å². The van der Waals surface area contributed by atoms with Crippen molar-refractivity contribution < 1.29 is 4.79 Å². The lowest BCUT2D eigenvalue weighted by atomic mass is 10.1. The molecule has 5 nitrogen and oxygen atoms in total. The normalized spacial score (nSPS) is 19.8. The lowest BCUT2D eigenvalue weighted by molar-refractivity contribution is 0.0930. The summed E-state index contributed by atoms with van der Waals surface area (Å²) >= 11 is 0. The first-order valence-corrected chi connectivity index (χ1v) is 8.75. The van der Waals surface area contributed by atoms with E-state index in [0.717, 1.165) is 25.2 Å². The number of likely N-dealkylation sites (tertiary alicyclic amines) is 1. The maximum atomic E-state index is 12.6. The lowest BCUT2D eigenvalue weighted by Crippen LogP contribution is -2.38. The molecule has 1 N–H and O–H groups in total. The van der Waals surface area contributed by atoms with Crippen LogP contribution in [0.2, 0.25) is 0 Å². The van der Waals surface area contributed by atoms with E-state index in [2.05, 4.69) is 63.8 Å². The van der Waals surface area contributed by atoms with Gasteiger partial charge in [-0.1, -0.05) is 13.8 Å². The smallest absolute Gasteiger partial charge is 0.272 e. The van der Waals surface area contributed by atoms with Crippen molar-refractivity contribution in [1.29, 1.82) is 0 Å². The van der Waals surface area contributed by atoms with E-state index >= 15 is 0 Å². The fourth-order valence-electron chi connectivity index (χ4n) is 3.09. The minimum Gasteiger partial charge on any atom is -0.347 e. The van der Waals surface area contributed by atoms with Gasteiger partial charge in [-0.05, 0) is 53.0 Å². The number of carbonyl (C=O) groups excluding carboxylic acids is 1. The number of rotatable bonds is 4. The molecule has 2 heterocycles. The second kappa shape index (κ2) is 6.63. The second-order valence-electron chi connectivity index (χ2n) is 8.24. The van der Waals surface area contributed by atoms with Crippen molar-refractivity contribution >= 4 is 5.91 Å². The topological polar surface area (TPSA) is 50.2 Å². The summed E-state index contributed by atoms with van der Waals surface area (Å²) in [6, 6.07) is 2.71. The molecular weight excluding hydrogens is 288 g/mol. The third-order valence-corrected chi connectivity index (χ3v) is 4.48. The highest BCUT2D eigenvalue weighted by atomic mass is 16.2. The number of nitrogens with one attached hydrogen (secondary N) is 1. The number of nitrogens with zero attached hydrogens (tertiary/aromatic N) is 3. The lowest BCUT2D eigenvalue weighted by Gasteiger charge is -2.23. The summed E-state index contributed by atoms with van der Waals surface area (Å²) in [6.45, 7) is 17.0. The molecule has 1 aromatic rings. The summed E-state index contributed by atoms with van der Waals surface area (Å²) in [6.07, 6.45) is 1.01. The van der Waals surface area contributed by atoms with Gasteiger partial charge in [-0.3, -0.25) is 14.4 Å². The summed E-state index contributed by atoms with van der Waals surface area (Å²) in [5.41, 5.74) is 1.52. The van der Waals surface area contributed by atoms with E-state index in [4.69, 9.17) is 0 Å². The van der Waals surface area contributed by atoms with Crippen LogP contribution in [0.5, 0.6) is 0 Å². The van der Waals surface area contributed by atoms with Gasteiger partial charge in [-0.2, -0.15) is 5.10 Å². The average molecular weight is 320 g/mol. The van der Waals surface area contributed by atoms with Gasteiger partial charge in [0.2, 0.25) is 0 Å². The molecule has 0 aromatic carbocycles. The van der Waals surface area contributed by atoms with E-state index < -0.39 is 0 Å². The molecule has 1 fully saturated rings. The van der Waals surface area contributed by atoms with E-state index in [1.807, 2.05) is 10.7 Å². The van der Waals surface area contributed by atoms with E-state index in [1.54, 1.807) is 0 Å². The molecule has 0 spiro atoms. The minimum atomic E-state index is -0.125. The summed E-state index contributed by atoms with van der Waals surface area (Å²) < 4.78 is 1.99. The van der Waals surface area contributed by atoms with Crippen LogP contribution in [-0.4, -0.2) is 45.8 Å². The Morgan fingerprint density at radius 1 is 1.30 bits per heavy atom. The standard InChI is InChI=1S/C18H32N4O/c1-12(2)16-10-15(20-22(16)18(5,6)7)17(23)19-14-8-9-21(11-14)13(3)4/h10,12-14H,8-9,11H2,1-7H3,(H,19,23)/t14-/m1/s1. The molecule has 23 heavy (non-hydrogen) atoms. The van der Waals surface area contributed by atoms with Crippen LogP contribution in [0.15, 0.2) is 6.07 Å². The molecule has 2 rings (SSSR count). The van der Waals surface area contributed by atoms with Crippen molar-refractivity contribution in [3.05, 3.63) is 17.5 Å². The average Bonchev–Trinajstić information content (AvgIpc) is 3.03. The number of hydrogen-bond acceptors (Lipinski definition) is 3. The zero-order valence-corrected chi connectivity index (χ0v) is 15.7. The Kier molecular flexibility index (Phi) is 5.19. The highest BCUT2D eigenvalue weighted by Crippen LogP contribution is 2.23. The quantitative estimate of drug-likeness (QED) is 0.928. The molecule has 1 aromatic heterocycles. The monoisotopic (exact) mass is 320 g/mol. The first kappa shape index (κ1) is 18.0. The van der Waals surface area contributed by atoms with Gasteiger partial charge in [0.15, 0.2) is 0 Å². The molecule has 5 heteroatoms. The van der Waals surface area contributed by atoms with Gasteiger partial charge in [0, 0.05) is 30.9 Å². The van der Waals surface area contributed by atoms with Crippen LogP contribution in [0.4, 0.5) is 0 Å². The highest BCUT2D eigenvalue weighted by Gasteiger charge is 2.28. The Morgan fingerprint density at radius 3 is 2.39 bits per heavy atom. The van der Waals surface area contributed by atoms with Crippen molar-refractivity contribution in [3.63, 3.8) is 0 Å². The molecule has 1 amide bonds. The second-order valence-corrected chi connectivity index (χ2v) is 8.24. The Bertz CT molecular complexity index is 554. The number of hydrogen-bond donors (Lipinski definition) is 1. The third kappa shape index (κ3) is 4.14. The van der Waals surface area contributed by atoms with E-state index in [0.29, 0.717) is 17.7 Å². The number of carbonyl (C=O) groups is 1. The highest BCUT2D eigenvalue weighted by molar-refractivity contribution is 5.92. The summed E-state index contributed by atoms with van der Waals surface area (Å²) in [5.74, 6) is 0.289. The molecule has 130 valence electrons. The predicted octanol–water partition coefficient (Wildman–Crippen LogP) is 2.97. The Hall–Kier alpha value is -1.36. The van der Waals surface area contributed by atoms with Crippen molar-refractivity contribution in [2.24, 2.45) is 0 Å². The van der Waals surface area contributed by atoms with Crippen molar-refractivity contribution in [1.82, 2.24) is 20.0 Å². The van der Waals surface area contributed by atoms with Gasteiger partial charge in [0.25, 0.3) is 5.91 Å². The van der Waals surface area contributed by atoms with Crippen molar-refractivity contribution in [2.45, 2.75) is 78.4 Å². The van der Waals surface area contributed by atoms with Crippen LogP contribution in [-0.2, 0) is 5.54 Å². The molecule has 0 bridgehead atoms. The maximum absolute atomic E-state index is 12.6. The van der Waals surface area contributed by atoms with Crippen LogP contribution in [0.3, 0.4) is 0 Å². The fourth-order valence-corrected chi connectivity index (χ4v) is 3.09. The van der Waals surface area contributed by atoms with Gasteiger partial charge in [0.1, 0.15) is 5.69 Å².